The zero-order valence-corrected chi connectivity index (χ0v) is 14.8. The fourth-order valence-corrected chi connectivity index (χ4v) is 2.65. The summed E-state index contributed by atoms with van der Waals surface area (Å²) in [6.07, 6.45) is 2.49. The first kappa shape index (κ1) is 17.9. The van der Waals surface area contributed by atoms with Gasteiger partial charge >= 0.3 is 6.09 Å². The van der Waals surface area contributed by atoms with Crippen molar-refractivity contribution in [2.75, 3.05) is 13.1 Å². The number of amides is 2. The first-order valence-electron chi connectivity index (χ1n) is 8.56. The Bertz CT molecular complexity index is 700. The maximum Gasteiger partial charge on any atom is 0.410 e. The molecule has 2 saturated heterocycles. The van der Waals surface area contributed by atoms with Crippen molar-refractivity contribution in [1.29, 1.82) is 0 Å². The van der Waals surface area contributed by atoms with E-state index in [-0.39, 0.29) is 30.6 Å². The van der Waals surface area contributed by atoms with E-state index in [0.29, 0.717) is 43.5 Å². The normalized spacial score (nSPS) is 19.4. The molecule has 3 heterocycles. The van der Waals surface area contributed by atoms with Crippen LogP contribution in [0.25, 0.3) is 0 Å². The van der Waals surface area contributed by atoms with Gasteiger partial charge in [0.15, 0.2) is 5.82 Å². The molecule has 140 valence electrons. The molecule has 2 N–H and O–H groups in total. The summed E-state index contributed by atoms with van der Waals surface area (Å²) < 4.78 is 11.1. The molecule has 10 heteroatoms. The Labute approximate surface area is 151 Å². The van der Waals surface area contributed by atoms with Crippen LogP contribution >= 0.6 is 0 Å². The monoisotopic (exact) mass is 362 g/mol. The lowest BCUT2D eigenvalue weighted by molar-refractivity contribution is -0.119. The number of carbonyl (C=O) groups is 2. The van der Waals surface area contributed by atoms with Crippen LogP contribution in [-0.2, 0) is 9.53 Å². The molecule has 1 aromatic rings. The van der Waals surface area contributed by atoms with Crippen molar-refractivity contribution in [2.24, 2.45) is 4.99 Å². The Hall–Kier alpha value is -2.91. The lowest BCUT2D eigenvalue weighted by atomic mass is 10.1. The Kier molecular flexibility index (Phi) is 5.49. The second kappa shape index (κ2) is 7.98. The first-order valence-corrected chi connectivity index (χ1v) is 8.56. The SMILES string of the molecule is CC(C)OC(=O)N1CCC(Oc2cc(/N=C3\CC(=O)NN3)ncn2)CC1. The highest BCUT2D eigenvalue weighted by atomic mass is 16.6. The van der Waals surface area contributed by atoms with E-state index >= 15 is 0 Å². The number of carbonyl (C=O) groups excluding carboxylic acids is 2. The second-order valence-electron chi connectivity index (χ2n) is 6.36. The molecule has 0 atom stereocenters. The van der Waals surface area contributed by atoms with E-state index in [1.54, 1.807) is 11.0 Å². The van der Waals surface area contributed by atoms with Gasteiger partial charge in [-0.1, -0.05) is 0 Å². The zero-order valence-electron chi connectivity index (χ0n) is 14.8. The summed E-state index contributed by atoms with van der Waals surface area (Å²) in [5, 5.41) is 0. The lowest BCUT2D eigenvalue weighted by Crippen LogP contribution is -2.42. The fourth-order valence-electron chi connectivity index (χ4n) is 2.65. The van der Waals surface area contributed by atoms with Crippen molar-refractivity contribution in [2.45, 2.75) is 45.3 Å². The van der Waals surface area contributed by atoms with Crippen molar-refractivity contribution in [3.05, 3.63) is 12.4 Å². The Morgan fingerprint density at radius 3 is 2.73 bits per heavy atom. The number of aromatic nitrogens is 2. The largest absolute Gasteiger partial charge is 0.474 e. The Morgan fingerprint density at radius 1 is 1.31 bits per heavy atom. The molecule has 2 aliphatic rings. The molecule has 10 nitrogen and oxygen atoms in total. The minimum Gasteiger partial charge on any atom is -0.474 e. The predicted octanol–water partition coefficient (Wildman–Crippen LogP) is 0.919. The van der Waals surface area contributed by atoms with Crippen LogP contribution in [0.5, 0.6) is 5.88 Å². The van der Waals surface area contributed by atoms with Crippen LogP contribution in [0.3, 0.4) is 0 Å². The number of hydrogen-bond acceptors (Lipinski definition) is 7. The van der Waals surface area contributed by atoms with Gasteiger partial charge in [0.1, 0.15) is 18.3 Å². The van der Waals surface area contributed by atoms with Crippen LogP contribution in [0.4, 0.5) is 10.6 Å². The first-order chi connectivity index (χ1) is 12.5. The third-order valence-corrected chi connectivity index (χ3v) is 3.88. The molecule has 2 amide bonds. The summed E-state index contributed by atoms with van der Waals surface area (Å²) in [5.41, 5.74) is 5.14. The molecule has 0 unspecified atom stereocenters. The number of ether oxygens (including phenoxy) is 2. The number of nitrogens with one attached hydrogen (secondary N) is 2. The van der Waals surface area contributed by atoms with E-state index in [4.69, 9.17) is 9.47 Å². The molecule has 0 aliphatic carbocycles. The topological polar surface area (TPSA) is 118 Å². The second-order valence-corrected chi connectivity index (χ2v) is 6.36. The van der Waals surface area contributed by atoms with E-state index in [9.17, 15) is 9.59 Å². The molecular formula is C16H22N6O4. The molecule has 0 saturated carbocycles. The zero-order chi connectivity index (χ0) is 18.5. The standard InChI is InChI=1S/C16H22N6O4/c1-10(2)25-16(24)22-5-3-11(4-6-22)26-15-8-12(17-9-18-15)19-13-7-14(23)21-20-13/h8-11H,3-7H2,1-2H3,(H,21,23)(H,17,18,19,20). The molecule has 0 spiro atoms. The maximum absolute atomic E-state index is 11.9. The van der Waals surface area contributed by atoms with Gasteiger partial charge < -0.3 is 14.4 Å². The molecule has 0 aromatic carbocycles. The highest BCUT2D eigenvalue weighted by molar-refractivity contribution is 6.05. The van der Waals surface area contributed by atoms with E-state index in [1.165, 1.54) is 6.33 Å². The third-order valence-electron chi connectivity index (χ3n) is 3.88. The van der Waals surface area contributed by atoms with E-state index in [0.717, 1.165) is 0 Å². The van der Waals surface area contributed by atoms with Gasteiger partial charge in [0.25, 0.3) is 0 Å². The van der Waals surface area contributed by atoms with Crippen molar-refractivity contribution >= 4 is 23.7 Å². The number of hydrazine groups is 1. The predicted molar refractivity (Wildman–Crippen MR) is 91.9 cm³/mol. The van der Waals surface area contributed by atoms with Crippen LogP contribution in [0.1, 0.15) is 33.1 Å². The summed E-state index contributed by atoms with van der Waals surface area (Å²) in [6, 6.07) is 1.62. The number of hydrogen-bond donors (Lipinski definition) is 2. The van der Waals surface area contributed by atoms with Crippen LogP contribution in [0.15, 0.2) is 17.4 Å². The maximum atomic E-state index is 11.9. The van der Waals surface area contributed by atoms with Gasteiger partial charge in [0, 0.05) is 32.0 Å². The van der Waals surface area contributed by atoms with Crippen LogP contribution < -0.4 is 15.6 Å². The molecule has 0 radical (unpaired) electrons. The number of piperidine rings is 1. The Balaban J connectivity index is 1.53. The van der Waals surface area contributed by atoms with Crippen molar-refractivity contribution < 1.29 is 19.1 Å². The summed E-state index contributed by atoms with van der Waals surface area (Å²) in [6.45, 7) is 4.82. The molecule has 26 heavy (non-hydrogen) atoms. The minimum absolute atomic E-state index is 0.0404. The highest BCUT2D eigenvalue weighted by Gasteiger charge is 2.25. The highest BCUT2D eigenvalue weighted by Crippen LogP contribution is 2.20. The molecule has 2 aliphatic heterocycles. The molecule has 3 rings (SSSR count). The number of amidine groups is 1. The quantitative estimate of drug-likeness (QED) is 0.817. The average Bonchev–Trinajstić information content (AvgIpc) is 3.00. The Morgan fingerprint density at radius 2 is 2.08 bits per heavy atom. The van der Waals surface area contributed by atoms with Crippen molar-refractivity contribution in [3.63, 3.8) is 0 Å². The van der Waals surface area contributed by atoms with Crippen LogP contribution in [0, 0.1) is 0 Å². The third kappa shape index (κ3) is 4.80. The average molecular weight is 362 g/mol. The van der Waals surface area contributed by atoms with Crippen molar-refractivity contribution in [1.82, 2.24) is 25.7 Å². The number of rotatable bonds is 4. The van der Waals surface area contributed by atoms with Gasteiger partial charge in [-0.3, -0.25) is 15.6 Å². The van der Waals surface area contributed by atoms with E-state index < -0.39 is 0 Å². The van der Waals surface area contributed by atoms with Gasteiger partial charge in [-0.2, -0.15) is 0 Å². The van der Waals surface area contributed by atoms with Gasteiger partial charge in [0.05, 0.1) is 12.5 Å². The number of likely N-dealkylation sites (tertiary alicyclic amines) is 1. The summed E-state index contributed by atoms with van der Waals surface area (Å²) in [7, 11) is 0. The van der Waals surface area contributed by atoms with Crippen molar-refractivity contribution in [3.8, 4) is 5.88 Å². The van der Waals surface area contributed by atoms with Gasteiger partial charge in [-0.05, 0) is 13.8 Å². The lowest BCUT2D eigenvalue weighted by Gasteiger charge is -2.31. The van der Waals surface area contributed by atoms with Gasteiger partial charge in [-0.25, -0.2) is 19.8 Å². The number of aliphatic imine (C=N–C) groups is 1. The molecular weight excluding hydrogens is 340 g/mol. The fraction of sp³-hybridized carbons (Fsp3) is 0.562. The molecule has 2 fully saturated rings. The van der Waals surface area contributed by atoms with Gasteiger partial charge in [-0.15, -0.1) is 0 Å². The summed E-state index contributed by atoms with van der Waals surface area (Å²) in [4.78, 5) is 37.2. The summed E-state index contributed by atoms with van der Waals surface area (Å²) >= 11 is 0. The van der Waals surface area contributed by atoms with E-state index in [1.807, 2.05) is 13.8 Å². The number of nitrogens with zero attached hydrogens (tertiary/aromatic N) is 4. The minimum atomic E-state index is -0.286. The smallest absolute Gasteiger partial charge is 0.410 e. The molecule has 1 aromatic heterocycles. The molecule has 0 bridgehead atoms. The van der Waals surface area contributed by atoms with E-state index in [2.05, 4.69) is 25.8 Å². The van der Waals surface area contributed by atoms with Crippen LogP contribution in [0.2, 0.25) is 0 Å². The summed E-state index contributed by atoms with van der Waals surface area (Å²) in [5.74, 6) is 1.18. The van der Waals surface area contributed by atoms with Crippen LogP contribution in [-0.4, -0.2) is 58.0 Å². The van der Waals surface area contributed by atoms with Gasteiger partial charge in [0.2, 0.25) is 11.8 Å².